The number of anilines is 1. The topological polar surface area (TPSA) is 98.2 Å². The lowest BCUT2D eigenvalue weighted by atomic mass is 10.1. The quantitative estimate of drug-likeness (QED) is 0.632. The molecule has 1 aromatic carbocycles. The summed E-state index contributed by atoms with van der Waals surface area (Å²) in [5.74, 6) is -1.99. The minimum absolute atomic E-state index is 0.0203. The molecule has 0 heterocycles. The van der Waals surface area contributed by atoms with Crippen LogP contribution >= 0.6 is 0 Å². The van der Waals surface area contributed by atoms with Crippen LogP contribution in [-0.2, 0) is 4.79 Å². The van der Waals surface area contributed by atoms with Crippen molar-refractivity contribution in [2.24, 2.45) is 5.73 Å². The van der Waals surface area contributed by atoms with Gasteiger partial charge in [0, 0.05) is 0 Å². The number of hydrogen-bond acceptors (Lipinski definition) is 3. The Bertz CT molecular complexity index is 434. The number of carbonyl (C=O) groups is 2. The molecule has 1 aromatic rings. The lowest BCUT2D eigenvalue weighted by molar-refractivity contribution is -0.119. The number of amides is 2. The minimum atomic E-state index is -0.838. The number of hydrogen-bond donors (Lipinski definition) is 3. The largest absolute Gasteiger partial charge is 0.396 e. The van der Waals surface area contributed by atoms with E-state index in [9.17, 15) is 14.0 Å². The Morgan fingerprint density at radius 2 is 2.06 bits per heavy atom. The van der Waals surface area contributed by atoms with Gasteiger partial charge in [0.1, 0.15) is 11.9 Å². The number of benzene rings is 1. The van der Waals surface area contributed by atoms with Crippen LogP contribution in [0.1, 0.15) is 17.3 Å². The van der Waals surface area contributed by atoms with E-state index in [2.05, 4.69) is 5.32 Å². The number of nitrogen functional groups attached to an aromatic ring is 1. The molecular weight excluding hydrogens is 213 g/mol. The molecule has 0 spiro atoms. The fourth-order valence-corrected chi connectivity index (χ4v) is 1.08. The molecule has 6 heteroatoms. The molecule has 0 bridgehead atoms. The monoisotopic (exact) mass is 225 g/mol. The van der Waals surface area contributed by atoms with Gasteiger partial charge in [0.15, 0.2) is 0 Å². The van der Waals surface area contributed by atoms with Crippen molar-refractivity contribution in [3.05, 3.63) is 29.6 Å². The van der Waals surface area contributed by atoms with Crippen LogP contribution in [0.5, 0.6) is 0 Å². The second-order valence-corrected chi connectivity index (χ2v) is 3.30. The molecule has 0 aliphatic carbocycles. The smallest absolute Gasteiger partial charge is 0.254 e. The molecule has 0 saturated carbocycles. The van der Waals surface area contributed by atoms with Gasteiger partial charge in [-0.25, -0.2) is 4.39 Å². The Balaban J connectivity index is 2.89. The van der Waals surface area contributed by atoms with E-state index in [1.54, 1.807) is 0 Å². The fraction of sp³-hybridized carbons (Fsp3) is 0.200. The van der Waals surface area contributed by atoms with Crippen LogP contribution in [0.3, 0.4) is 0 Å². The van der Waals surface area contributed by atoms with E-state index in [1.807, 2.05) is 0 Å². The molecule has 0 radical (unpaired) electrons. The Morgan fingerprint density at radius 1 is 1.44 bits per heavy atom. The van der Waals surface area contributed by atoms with Crippen molar-refractivity contribution < 1.29 is 14.0 Å². The summed E-state index contributed by atoms with van der Waals surface area (Å²) >= 11 is 0. The minimum Gasteiger partial charge on any atom is -0.396 e. The van der Waals surface area contributed by atoms with E-state index in [-0.39, 0.29) is 11.3 Å². The van der Waals surface area contributed by atoms with Crippen LogP contribution in [0.4, 0.5) is 10.1 Å². The van der Waals surface area contributed by atoms with Crippen LogP contribution in [0, 0.1) is 5.82 Å². The highest BCUT2D eigenvalue weighted by atomic mass is 19.1. The van der Waals surface area contributed by atoms with Gasteiger partial charge in [0.05, 0.1) is 11.3 Å². The van der Waals surface area contributed by atoms with Crippen molar-refractivity contribution in [2.75, 3.05) is 5.73 Å². The molecular formula is C10H12FN3O2. The highest BCUT2D eigenvalue weighted by Gasteiger charge is 2.16. The van der Waals surface area contributed by atoms with Gasteiger partial charge in [-0.2, -0.15) is 0 Å². The summed E-state index contributed by atoms with van der Waals surface area (Å²) in [6.45, 7) is 1.43. The maximum absolute atomic E-state index is 13.0. The Kier molecular flexibility index (Phi) is 3.44. The lowest BCUT2D eigenvalue weighted by Gasteiger charge is -2.11. The van der Waals surface area contributed by atoms with Gasteiger partial charge in [-0.1, -0.05) is 6.07 Å². The van der Waals surface area contributed by atoms with Crippen molar-refractivity contribution in [3.63, 3.8) is 0 Å². The van der Waals surface area contributed by atoms with E-state index >= 15 is 0 Å². The number of para-hydroxylation sites is 1. The summed E-state index contributed by atoms with van der Waals surface area (Å²) in [4.78, 5) is 22.3. The molecule has 86 valence electrons. The van der Waals surface area contributed by atoms with Crippen LogP contribution < -0.4 is 16.8 Å². The average Bonchev–Trinajstić information content (AvgIpc) is 2.21. The van der Waals surface area contributed by atoms with Gasteiger partial charge in [0.2, 0.25) is 5.91 Å². The zero-order chi connectivity index (χ0) is 12.3. The van der Waals surface area contributed by atoms with E-state index in [0.29, 0.717) is 0 Å². The summed E-state index contributed by atoms with van der Waals surface area (Å²) in [5.41, 5.74) is 10.1. The number of nitrogens with two attached hydrogens (primary N) is 2. The first-order chi connectivity index (χ1) is 7.43. The van der Waals surface area contributed by atoms with Crippen LogP contribution in [0.2, 0.25) is 0 Å². The molecule has 16 heavy (non-hydrogen) atoms. The predicted molar refractivity (Wildman–Crippen MR) is 56.9 cm³/mol. The lowest BCUT2D eigenvalue weighted by Crippen LogP contribution is -2.42. The molecule has 0 saturated heterocycles. The maximum Gasteiger partial charge on any atom is 0.254 e. The third-order valence-corrected chi connectivity index (χ3v) is 2.07. The van der Waals surface area contributed by atoms with E-state index in [0.717, 1.165) is 6.07 Å². The van der Waals surface area contributed by atoms with Crippen molar-refractivity contribution in [1.82, 2.24) is 5.32 Å². The molecule has 2 amide bonds. The van der Waals surface area contributed by atoms with E-state index < -0.39 is 23.7 Å². The maximum atomic E-state index is 13.0. The van der Waals surface area contributed by atoms with Gasteiger partial charge in [-0.3, -0.25) is 9.59 Å². The number of halogens is 1. The van der Waals surface area contributed by atoms with E-state index in [1.165, 1.54) is 19.1 Å². The van der Waals surface area contributed by atoms with Gasteiger partial charge < -0.3 is 16.8 Å². The normalized spacial score (nSPS) is 11.9. The standard InChI is InChI=1S/C10H12FN3O2/c1-5(9(13)15)14-10(16)6-3-2-4-7(11)8(6)12/h2-5H,12H2,1H3,(H2,13,15)(H,14,16). The fourth-order valence-electron chi connectivity index (χ4n) is 1.08. The second-order valence-electron chi connectivity index (χ2n) is 3.30. The first kappa shape index (κ1) is 12.0. The number of carbonyl (C=O) groups excluding carboxylic acids is 2. The van der Waals surface area contributed by atoms with Gasteiger partial charge in [-0.05, 0) is 19.1 Å². The molecule has 0 aromatic heterocycles. The highest BCUT2D eigenvalue weighted by molar-refractivity contribution is 6.01. The summed E-state index contributed by atoms with van der Waals surface area (Å²) in [6.07, 6.45) is 0. The van der Waals surface area contributed by atoms with Gasteiger partial charge in [-0.15, -0.1) is 0 Å². The predicted octanol–water partition coefficient (Wildman–Crippen LogP) is 0.0115. The zero-order valence-corrected chi connectivity index (χ0v) is 8.66. The molecule has 0 aliphatic heterocycles. The van der Waals surface area contributed by atoms with Crippen molar-refractivity contribution in [3.8, 4) is 0 Å². The Morgan fingerprint density at radius 3 is 2.62 bits per heavy atom. The zero-order valence-electron chi connectivity index (χ0n) is 8.66. The van der Waals surface area contributed by atoms with Crippen LogP contribution in [0.15, 0.2) is 18.2 Å². The summed E-state index contributed by atoms with van der Waals surface area (Å²) in [7, 11) is 0. The number of nitrogens with one attached hydrogen (secondary N) is 1. The SMILES string of the molecule is CC(NC(=O)c1cccc(F)c1N)C(N)=O. The Hall–Kier alpha value is -2.11. The number of primary amides is 1. The van der Waals surface area contributed by atoms with E-state index in [4.69, 9.17) is 11.5 Å². The van der Waals surface area contributed by atoms with Crippen LogP contribution in [0.25, 0.3) is 0 Å². The van der Waals surface area contributed by atoms with Gasteiger partial charge >= 0.3 is 0 Å². The van der Waals surface area contributed by atoms with Crippen molar-refractivity contribution in [1.29, 1.82) is 0 Å². The molecule has 1 unspecified atom stereocenters. The summed E-state index contributed by atoms with van der Waals surface area (Å²) in [6, 6.07) is 3.02. The van der Waals surface area contributed by atoms with Crippen molar-refractivity contribution >= 4 is 17.5 Å². The van der Waals surface area contributed by atoms with Gasteiger partial charge in [0.25, 0.3) is 5.91 Å². The molecule has 1 rings (SSSR count). The molecule has 5 nitrogen and oxygen atoms in total. The summed E-state index contributed by atoms with van der Waals surface area (Å²) in [5, 5.41) is 2.30. The van der Waals surface area contributed by atoms with Crippen LogP contribution in [-0.4, -0.2) is 17.9 Å². The first-order valence-electron chi connectivity index (χ1n) is 4.57. The summed E-state index contributed by atoms with van der Waals surface area (Å²) < 4.78 is 13.0. The first-order valence-corrected chi connectivity index (χ1v) is 4.57. The average molecular weight is 225 g/mol. The molecule has 0 fully saturated rings. The number of rotatable bonds is 3. The third kappa shape index (κ3) is 2.47. The van der Waals surface area contributed by atoms with Crippen molar-refractivity contribution in [2.45, 2.75) is 13.0 Å². The third-order valence-electron chi connectivity index (χ3n) is 2.07. The second kappa shape index (κ2) is 4.61. The molecule has 5 N–H and O–H groups in total. The molecule has 1 atom stereocenters. The Labute approximate surface area is 91.6 Å². The molecule has 0 aliphatic rings. The highest BCUT2D eigenvalue weighted by Crippen LogP contribution is 2.15.